The van der Waals surface area contributed by atoms with Gasteiger partial charge in [-0.1, -0.05) is 11.8 Å². The lowest BCUT2D eigenvalue weighted by atomic mass is 10.1. The van der Waals surface area contributed by atoms with Gasteiger partial charge in [0.2, 0.25) is 11.1 Å². The molecule has 0 saturated heterocycles. The number of tetrazole rings is 1. The molecule has 1 atom stereocenters. The minimum absolute atomic E-state index is 0.00143. The minimum atomic E-state index is -0.223. The van der Waals surface area contributed by atoms with Crippen LogP contribution in [-0.2, 0) is 10.3 Å². The summed E-state index contributed by atoms with van der Waals surface area (Å²) in [5.74, 6) is -0.00143. The number of carbonyl (C=O) groups excluding carboxylic acids is 1. The van der Waals surface area contributed by atoms with Crippen LogP contribution in [0.1, 0.15) is 41.5 Å². The highest BCUT2D eigenvalue weighted by Gasteiger charge is 2.24. The summed E-state index contributed by atoms with van der Waals surface area (Å²) in [6.45, 7) is 11.8. The summed E-state index contributed by atoms with van der Waals surface area (Å²) >= 11 is 1.37. The predicted molar refractivity (Wildman–Crippen MR) is 71.4 cm³/mol. The van der Waals surface area contributed by atoms with Gasteiger partial charge >= 0.3 is 0 Å². The number of thioether (sulfide) groups is 1. The van der Waals surface area contributed by atoms with E-state index < -0.39 is 0 Å². The second-order valence-electron chi connectivity index (χ2n) is 5.47. The van der Waals surface area contributed by atoms with Crippen LogP contribution >= 0.6 is 11.8 Å². The molecular weight excluding hydrogens is 250 g/mol. The molecule has 18 heavy (non-hydrogen) atoms. The first kappa shape index (κ1) is 14.9. The van der Waals surface area contributed by atoms with Crippen LogP contribution in [0.3, 0.4) is 0 Å². The van der Waals surface area contributed by atoms with Gasteiger partial charge in [0.25, 0.3) is 0 Å². The van der Waals surface area contributed by atoms with Gasteiger partial charge in [0.15, 0.2) is 0 Å². The topological polar surface area (TPSA) is 72.7 Å². The van der Waals surface area contributed by atoms with Crippen molar-refractivity contribution in [1.82, 2.24) is 25.5 Å². The third-order valence-electron chi connectivity index (χ3n) is 2.16. The van der Waals surface area contributed by atoms with Crippen LogP contribution in [0.4, 0.5) is 0 Å². The first-order chi connectivity index (χ1) is 8.21. The number of nitrogens with one attached hydrogen (secondary N) is 1. The molecule has 7 heteroatoms. The largest absolute Gasteiger partial charge is 0.353 e. The van der Waals surface area contributed by atoms with Gasteiger partial charge in [0.1, 0.15) is 0 Å². The van der Waals surface area contributed by atoms with Crippen molar-refractivity contribution in [3.05, 3.63) is 0 Å². The van der Waals surface area contributed by atoms with Gasteiger partial charge in [-0.05, 0) is 52.0 Å². The monoisotopic (exact) mass is 271 g/mol. The lowest BCUT2D eigenvalue weighted by Crippen LogP contribution is -2.36. The molecule has 0 aliphatic heterocycles. The lowest BCUT2D eigenvalue weighted by Gasteiger charge is -2.20. The molecular formula is C11H21N5OS. The number of hydrogen-bond donors (Lipinski definition) is 1. The van der Waals surface area contributed by atoms with Crippen molar-refractivity contribution in [2.45, 2.75) is 63.5 Å². The lowest BCUT2D eigenvalue weighted by molar-refractivity contribution is -0.120. The third-order valence-corrected chi connectivity index (χ3v) is 3.19. The highest BCUT2D eigenvalue weighted by molar-refractivity contribution is 8.00. The summed E-state index contributed by atoms with van der Waals surface area (Å²) < 4.78 is 1.73. The maximum atomic E-state index is 11.8. The van der Waals surface area contributed by atoms with Gasteiger partial charge < -0.3 is 5.32 Å². The Labute approximate surface area is 112 Å². The number of aromatic nitrogens is 4. The summed E-state index contributed by atoms with van der Waals surface area (Å²) in [7, 11) is 0. The van der Waals surface area contributed by atoms with Crippen LogP contribution in [0, 0.1) is 0 Å². The zero-order valence-electron chi connectivity index (χ0n) is 11.8. The Bertz CT molecular complexity index is 410. The number of hydrogen-bond acceptors (Lipinski definition) is 5. The third kappa shape index (κ3) is 3.97. The molecule has 0 radical (unpaired) electrons. The smallest absolute Gasteiger partial charge is 0.233 e. The van der Waals surface area contributed by atoms with Crippen LogP contribution in [-0.4, -0.2) is 37.4 Å². The summed E-state index contributed by atoms with van der Waals surface area (Å²) in [5.41, 5.74) is -0.194. The Kier molecular flexibility index (Phi) is 4.72. The van der Waals surface area contributed by atoms with E-state index in [4.69, 9.17) is 0 Å². The average molecular weight is 271 g/mol. The van der Waals surface area contributed by atoms with Crippen LogP contribution in [0.25, 0.3) is 0 Å². The zero-order valence-corrected chi connectivity index (χ0v) is 12.6. The number of amides is 1. The molecule has 0 aliphatic carbocycles. The van der Waals surface area contributed by atoms with Crippen molar-refractivity contribution in [3.8, 4) is 0 Å². The van der Waals surface area contributed by atoms with Gasteiger partial charge in [-0.25, -0.2) is 4.68 Å². The highest BCUT2D eigenvalue weighted by atomic mass is 32.2. The second kappa shape index (κ2) is 5.69. The molecule has 0 bridgehead atoms. The Morgan fingerprint density at radius 2 is 1.94 bits per heavy atom. The maximum absolute atomic E-state index is 11.8. The van der Waals surface area contributed by atoms with E-state index in [1.54, 1.807) is 4.68 Å². The van der Waals surface area contributed by atoms with E-state index in [2.05, 4.69) is 20.8 Å². The summed E-state index contributed by atoms with van der Waals surface area (Å²) in [6, 6.07) is 0.138. The fourth-order valence-electron chi connectivity index (χ4n) is 1.29. The average Bonchev–Trinajstić information content (AvgIpc) is 2.63. The van der Waals surface area contributed by atoms with E-state index in [1.165, 1.54) is 11.8 Å². The fourth-order valence-corrected chi connectivity index (χ4v) is 2.27. The quantitative estimate of drug-likeness (QED) is 0.839. The molecule has 1 amide bonds. The van der Waals surface area contributed by atoms with Crippen LogP contribution in [0.15, 0.2) is 5.16 Å². The van der Waals surface area contributed by atoms with Crippen molar-refractivity contribution in [2.24, 2.45) is 0 Å². The van der Waals surface area contributed by atoms with E-state index in [0.717, 1.165) is 0 Å². The molecule has 0 fully saturated rings. The van der Waals surface area contributed by atoms with E-state index in [1.807, 2.05) is 41.5 Å². The van der Waals surface area contributed by atoms with E-state index in [0.29, 0.717) is 5.16 Å². The van der Waals surface area contributed by atoms with Gasteiger partial charge in [0.05, 0.1) is 10.8 Å². The first-order valence-corrected chi connectivity index (χ1v) is 6.85. The maximum Gasteiger partial charge on any atom is 0.233 e. The molecule has 0 unspecified atom stereocenters. The summed E-state index contributed by atoms with van der Waals surface area (Å²) in [5, 5.41) is 14.9. The van der Waals surface area contributed by atoms with E-state index in [9.17, 15) is 4.79 Å². The molecule has 102 valence electrons. The van der Waals surface area contributed by atoms with Gasteiger partial charge in [-0.3, -0.25) is 4.79 Å². The fraction of sp³-hybridized carbons (Fsp3) is 0.818. The molecule has 1 aromatic rings. The molecule has 1 aromatic heterocycles. The molecule has 0 saturated carbocycles. The van der Waals surface area contributed by atoms with Crippen molar-refractivity contribution in [3.63, 3.8) is 0 Å². The Hall–Kier alpha value is -1.11. The predicted octanol–water partition coefficient (Wildman–Crippen LogP) is 1.43. The molecule has 1 rings (SSSR count). The summed E-state index contributed by atoms with van der Waals surface area (Å²) in [6.07, 6.45) is 0. The second-order valence-corrected chi connectivity index (χ2v) is 6.78. The molecule has 1 heterocycles. The van der Waals surface area contributed by atoms with Crippen molar-refractivity contribution in [2.75, 3.05) is 0 Å². The van der Waals surface area contributed by atoms with Gasteiger partial charge in [-0.15, -0.1) is 5.10 Å². The molecule has 0 spiro atoms. The number of rotatable bonds is 4. The van der Waals surface area contributed by atoms with E-state index >= 15 is 0 Å². The van der Waals surface area contributed by atoms with Gasteiger partial charge in [-0.2, -0.15) is 0 Å². The standard InChI is InChI=1S/C11H21N5OS/c1-7(2)12-9(17)8(3)18-10-13-14-15-16(10)11(4,5)6/h7-8H,1-6H3,(H,12,17)/t8-/m1/s1. The number of carbonyl (C=O) groups is 1. The van der Waals surface area contributed by atoms with Crippen LogP contribution < -0.4 is 5.32 Å². The van der Waals surface area contributed by atoms with E-state index in [-0.39, 0.29) is 22.7 Å². The van der Waals surface area contributed by atoms with Crippen molar-refractivity contribution >= 4 is 17.7 Å². The van der Waals surface area contributed by atoms with Crippen LogP contribution in [0.5, 0.6) is 0 Å². The Morgan fingerprint density at radius 3 is 2.44 bits per heavy atom. The van der Waals surface area contributed by atoms with Crippen molar-refractivity contribution < 1.29 is 4.79 Å². The zero-order chi connectivity index (χ0) is 13.9. The van der Waals surface area contributed by atoms with Crippen molar-refractivity contribution in [1.29, 1.82) is 0 Å². The first-order valence-electron chi connectivity index (χ1n) is 5.97. The molecule has 0 aliphatic rings. The Morgan fingerprint density at radius 1 is 1.33 bits per heavy atom. The minimum Gasteiger partial charge on any atom is -0.353 e. The van der Waals surface area contributed by atoms with Gasteiger partial charge in [0, 0.05) is 6.04 Å². The molecule has 1 N–H and O–H groups in total. The molecule has 0 aromatic carbocycles. The normalized spacial score (nSPS) is 13.7. The number of nitrogens with zero attached hydrogens (tertiary/aromatic N) is 4. The SMILES string of the molecule is CC(C)NC(=O)[C@@H](C)Sc1nnnn1C(C)(C)C. The van der Waals surface area contributed by atoms with Crippen LogP contribution in [0.2, 0.25) is 0 Å². The highest BCUT2D eigenvalue weighted by Crippen LogP contribution is 2.24. The Balaban J connectivity index is 2.74. The summed E-state index contributed by atoms with van der Waals surface area (Å²) in [4.78, 5) is 11.8. The molecule has 6 nitrogen and oxygen atoms in total.